The number of aliphatic hydroxyl groups excluding tert-OH is 1. The third kappa shape index (κ3) is 2.54. The second-order valence-electron chi connectivity index (χ2n) is 4.62. The summed E-state index contributed by atoms with van der Waals surface area (Å²) >= 11 is 0. The Morgan fingerprint density at radius 3 is 2.22 bits per heavy atom. The first-order chi connectivity index (χ1) is 8.65. The maximum atomic E-state index is 9.67. The lowest BCUT2D eigenvalue weighted by molar-refractivity contribution is 0.0211. The summed E-state index contributed by atoms with van der Waals surface area (Å²) in [7, 11) is 0. The minimum atomic E-state index is -0.715. The van der Waals surface area contributed by atoms with Gasteiger partial charge in [0, 0.05) is 0 Å². The zero-order valence-electron chi connectivity index (χ0n) is 10.8. The van der Waals surface area contributed by atoms with E-state index in [1.54, 1.807) is 0 Å². The van der Waals surface area contributed by atoms with Crippen molar-refractivity contribution in [1.82, 2.24) is 0 Å². The lowest BCUT2D eigenvalue weighted by atomic mass is 9.96. The van der Waals surface area contributed by atoms with Crippen LogP contribution >= 0.6 is 0 Å². The van der Waals surface area contributed by atoms with E-state index in [0.717, 1.165) is 16.9 Å². The van der Waals surface area contributed by atoms with Crippen molar-refractivity contribution in [3.8, 4) is 5.75 Å². The van der Waals surface area contributed by atoms with Crippen molar-refractivity contribution in [2.24, 2.45) is 0 Å². The second-order valence-corrected chi connectivity index (χ2v) is 4.62. The predicted molar refractivity (Wildman–Crippen MR) is 72.7 cm³/mol. The summed E-state index contributed by atoms with van der Waals surface area (Å²) in [6.07, 6.45) is 0. The zero-order chi connectivity index (χ0) is 13.0. The van der Waals surface area contributed by atoms with Crippen LogP contribution in [0.15, 0.2) is 54.6 Å². The van der Waals surface area contributed by atoms with Gasteiger partial charge in [0.05, 0.1) is 6.61 Å². The first-order valence-electron chi connectivity index (χ1n) is 6.07. The molecule has 0 aliphatic rings. The number of aryl methyl sites for hydroxylation is 1. The molecule has 1 atom stereocenters. The van der Waals surface area contributed by atoms with Crippen LogP contribution in [0.2, 0.25) is 0 Å². The number of ether oxygens (including phenoxy) is 1. The van der Waals surface area contributed by atoms with Crippen molar-refractivity contribution < 1.29 is 9.84 Å². The number of hydrogen-bond acceptors (Lipinski definition) is 2. The summed E-state index contributed by atoms with van der Waals surface area (Å²) in [4.78, 5) is 0. The number of rotatable bonds is 4. The molecule has 0 radical (unpaired) electrons. The van der Waals surface area contributed by atoms with Gasteiger partial charge in [-0.3, -0.25) is 0 Å². The van der Waals surface area contributed by atoms with Crippen molar-refractivity contribution in [2.75, 3.05) is 6.61 Å². The molecule has 0 aliphatic heterocycles. The Balaban J connectivity index is 2.32. The van der Waals surface area contributed by atoms with Gasteiger partial charge in [-0.15, -0.1) is 0 Å². The Labute approximate surface area is 108 Å². The molecule has 0 saturated carbocycles. The average Bonchev–Trinajstić information content (AvgIpc) is 2.42. The normalized spacial score (nSPS) is 13.9. The van der Waals surface area contributed by atoms with Crippen molar-refractivity contribution >= 4 is 0 Å². The van der Waals surface area contributed by atoms with E-state index in [1.165, 1.54) is 0 Å². The average molecular weight is 242 g/mol. The highest BCUT2D eigenvalue weighted by Crippen LogP contribution is 2.29. The van der Waals surface area contributed by atoms with Crippen LogP contribution in [0.3, 0.4) is 0 Å². The molecule has 0 amide bonds. The first kappa shape index (κ1) is 12.7. The van der Waals surface area contributed by atoms with Gasteiger partial charge in [-0.25, -0.2) is 0 Å². The number of hydrogen-bond donors (Lipinski definition) is 1. The van der Waals surface area contributed by atoms with Crippen LogP contribution < -0.4 is 4.74 Å². The number of para-hydroxylation sites is 1. The summed E-state index contributed by atoms with van der Waals surface area (Å²) < 4.78 is 6.02. The van der Waals surface area contributed by atoms with Gasteiger partial charge in [-0.1, -0.05) is 48.5 Å². The van der Waals surface area contributed by atoms with E-state index in [0.29, 0.717) is 0 Å². The fraction of sp³-hybridized carbons (Fsp3) is 0.250. The molecule has 2 heteroatoms. The van der Waals surface area contributed by atoms with Gasteiger partial charge < -0.3 is 9.84 Å². The van der Waals surface area contributed by atoms with Crippen LogP contribution in [0.25, 0.3) is 0 Å². The van der Waals surface area contributed by atoms with E-state index in [2.05, 4.69) is 0 Å². The molecule has 18 heavy (non-hydrogen) atoms. The number of benzene rings is 2. The Bertz CT molecular complexity index is 508. The van der Waals surface area contributed by atoms with Crippen molar-refractivity contribution in [2.45, 2.75) is 19.4 Å². The molecule has 1 N–H and O–H groups in total. The molecular weight excluding hydrogens is 224 g/mol. The lowest BCUT2D eigenvalue weighted by Gasteiger charge is -2.30. The fourth-order valence-electron chi connectivity index (χ4n) is 1.89. The van der Waals surface area contributed by atoms with Gasteiger partial charge in [0.15, 0.2) is 5.60 Å². The monoisotopic (exact) mass is 242 g/mol. The van der Waals surface area contributed by atoms with Crippen molar-refractivity contribution in [1.29, 1.82) is 0 Å². The minimum absolute atomic E-state index is 0.0641. The highest BCUT2D eigenvalue weighted by molar-refractivity contribution is 5.34. The van der Waals surface area contributed by atoms with Gasteiger partial charge in [-0.2, -0.15) is 0 Å². The third-order valence-electron chi connectivity index (χ3n) is 3.11. The van der Waals surface area contributed by atoms with Crippen LogP contribution in [-0.2, 0) is 5.60 Å². The van der Waals surface area contributed by atoms with Crippen molar-refractivity contribution in [3.63, 3.8) is 0 Å². The van der Waals surface area contributed by atoms with Gasteiger partial charge in [0.25, 0.3) is 0 Å². The molecule has 0 fully saturated rings. The summed E-state index contributed by atoms with van der Waals surface area (Å²) in [5.41, 5.74) is 1.32. The molecule has 0 heterocycles. The van der Waals surface area contributed by atoms with Crippen LogP contribution in [0.1, 0.15) is 18.1 Å². The quantitative estimate of drug-likeness (QED) is 0.891. The van der Waals surface area contributed by atoms with Crippen LogP contribution in [0.4, 0.5) is 0 Å². The molecule has 2 aromatic carbocycles. The Morgan fingerprint density at radius 1 is 1.00 bits per heavy atom. The second kappa shape index (κ2) is 5.23. The molecule has 0 aliphatic carbocycles. The van der Waals surface area contributed by atoms with E-state index in [4.69, 9.17) is 4.74 Å². The SMILES string of the molecule is Cc1ccccc1O[C@](C)(CO)c1ccccc1. The molecule has 2 aromatic rings. The molecule has 0 spiro atoms. The molecule has 0 unspecified atom stereocenters. The lowest BCUT2D eigenvalue weighted by Crippen LogP contribution is -2.33. The summed E-state index contributed by atoms with van der Waals surface area (Å²) in [5, 5.41) is 9.67. The van der Waals surface area contributed by atoms with E-state index < -0.39 is 5.60 Å². The summed E-state index contributed by atoms with van der Waals surface area (Å²) in [6.45, 7) is 3.83. The van der Waals surface area contributed by atoms with Gasteiger partial charge in [0.2, 0.25) is 0 Å². The molecule has 94 valence electrons. The fourth-order valence-corrected chi connectivity index (χ4v) is 1.89. The molecule has 0 bridgehead atoms. The van der Waals surface area contributed by atoms with Crippen LogP contribution in [0, 0.1) is 6.92 Å². The molecule has 0 aromatic heterocycles. The van der Waals surface area contributed by atoms with E-state index in [9.17, 15) is 5.11 Å². The zero-order valence-corrected chi connectivity index (χ0v) is 10.8. The molecule has 0 saturated heterocycles. The van der Waals surface area contributed by atoms with E-state index >= 15 is 0 Å². The van der Waals surface area contributed by atoms with Crippen LogP contribution in [-0.4, -0.2) is 11.7 Å². The number of aliphatic hydroxyl groups is 1. The molecule has 2 rings (SSSR count). The van der Waals surface area contributed by atoms with E-state index in [1.807, 2.05) is 68.4 Å². The van der Waals surface area contributed by atoms with Crippen molar-refractivity contribution in [3.05, 3.63) is 65.7 Å². The molecule has 2 nitrogen and oxygen atoms in total. The molecular formula is C16H18O2. The maximum Gasteiger partial charge on any atom is 0.154 e. The highest BCUT2D eigenvalue weighted by Gasteiger charge is 2.28. The van der Waals surface area contributed by atoms with E-state index in [-0.39, 0.29) is 6.61 Å². The van der Waals surface area contributed by atoms with Gasteiger partial charge in [0.1, 0.15) is 5.75 Å². The maximum absolute atomic E-state index is 9.67. The Hall–Kier alpha value is -1.80. The largest absolute Gasteiger partial charge is 0.480 e. The van der Waals surface area contributed by atoms with Gasteiger partial charge in [-0.05, 0) is 31.0 Å². The van der Waals surface area contributed by atoms with Gasteiger partial charge >= 0.3 is 0 Å². The minimum Gasteiger partial charge on any atom is -0.480 e. The topological polar surface area (TPSA) is 29.5 Å². The third-order valence-corrected chi connectivity index (χ3v) is 3.11. The Morgan fingerprint density at radius 2 is 1.61 bits per heavy atom. The predicted octanol–water partition coefficient (Wildman–Crippen LogP) is 3.28. The standard InChI is InChI=1S/C16H18O2/c1-13-8-6-7-11-15(13)18-16(2,12-17)14-9-4-3-5-10-14/h3-11,17H,12H2,1-2H3/t16-/m1/s1. The summed E-state index contributed by atoms with van der Waals surface area (Å²) in [5.74, 6) is 0.804. The summed E-state index contributed by atoms with van der Waals surface area (Å²) in [6, 6.07) is 17.6. The van der Waals surface area contributed by atoms with Crippen LogP contribution in [0.5, 0.6) is 5.75 Å². The smallest absolute Gasteiger partial charge is 0.154 e. The Kier molecular flexibility index (Phi) is 3.68. The highest BCUT2D eigenvalue weighted by atomic mass is 16.5. The first-order valence-corrected chi connectivity index (χ1v) is 6.07.